The number of aryl methyl sites for hydroxylation is 6. The zero-order valence-corrected chi connectivity index (χ0v) is 29.9. The van der Waals surface area contributed by atoms with Gasteiger partial charge >= 0.3 is 6.28 Å². The lowest BCUT2D eigenvalue weighted by Gasteiger charge is -2.32. The number of benzene rings is 4. The van der Waals surface area contributed by atoms with Gasteiger partial charge in [0.2, 0.25) is 6.07 Å². The van der Waals surface area contributed by atoms with E-state index in [-0.39, 0.29) is 6.16 Å². The van der Waals surface area contributed by atoms with Gasteiger partial charge in [-0.25, -0.2) is 43.9 Å². The summed E-state index contributed by atoms with van der Waals surface area (Å²) in [6.07, 6.45) is -5.64. The number of hydrogen-bond acceptors (Lipinski definition) is 0. The van der Waals surface area contributed by atoms with E-state index in [4.69, 9.17) is 0 Å². The second kappa shape index (κ2) is 14.1. The van der Waals surface area contributed by atoms with Crippen LogP contribution in [0.25, 0.3) is 4.76 Å². The molecule has 4 aromatic carbocycles. The first-order valence-corrected chi connectivity index (χ1v) is 17.2. The second-order valence-corrected chi connectivity index (χ2v) is 16.1. The van der Waals surface area contributed by atoms with Gasteiger partial charge in [0.05, 0.1) is 5.41 Å². The molecule has 0 aromatic heterocycles. The van der Waals surface area contributed by atoms with Crippen molar-refractivity contribution in [3.8, 4) is 6.07 Å². The Morgan fingerprint density at radius 1 is 0.520 bits per heavy atom. The maximum atomic E-state index is 16.0. The van der Waals surface area contributed by atoms with E-state index < -0.39 is 95.0 Å². The van der Waals surface area contributed by atoms with Crippen molar-refractivity contribution in [3.05, 3.63) is 121 Å². The predicted octanol–water partition coefficient (Wildman–Crippen LogP) is 9.50. The molecule has 0 spiro atoms. The molecule has 50 heavy (non-hydrogen) atoms. The Labute approximate surface area is 286 Å². The fourth-order valence-electron chi connectivity index (χ4n) is 6.86. The minimum Gasteiger partial charge on any atom is -0.339 e. The topological polar surface area (TPSA) is 4.36 Å². The zero-order chi connectivity index (χ0) is 37.8. The third-order valence-corrected chi connectivity index (χ3v) is 11.8. The molecule has 0 heterocycles. The third kappa shape index (κ3) is 6.91. The minimum absolute atomic E-state index is 0.293. The zero-order valence-electron chi connectivity index (χ0n) is 29.0. The molecule has 266 valence electrons. The predicted molar refractivity (Wildman–Crippen MR) is 181 cm³/mol. The van der Waals surface area contributed by atoms with Crippen molar-refractivity contribution in [2.75, 3.05) is 6.16 Å². The van der Waals surface area contributed by atoms with E-state index in [1.54, 1.807) is 0 Å². The van der Waals surface area contributed by atoms with Crippen LogP contribution in [0.2, 0.25) is 6.32 Å². The van der Waals surface area contributed by atoms with E-state index in [2.05, 4.69) is 10.8 Å². The maximum absolute atomic E-state index is 16.0. The first kappa shape index (κ1) is 39.0. The van der Waals surface area contributed by atoms with Gasteiger partial charge in [0.15, 0.2) is 34.9 Å². The van der Waals surface area contributed by atoms with Crippen molar-refractivity contribution >= 4 is 35.7 Å². The molecule has 0 unspecified atom stereocenters. The molecule has 0 aliphatic heterocycles. The summed E-state index contributed by atoms with van der Waals surface area (Å²) in [6, 6.07) is 9.99. The van der Waals surface area contributed by atoms with Crippen LogP contribution in [-0.4, -0.2) is 12.4 Å². The van der Waals surface area contributed by atoms with Crippen LogP contribution in [0, 0.1) is 111 Å². The lowest BCUT2D eigenvalue weighted by Crippen LogP contribution is -2.62. The molecule has 0 N–H and O–H groups in total. The Hall–Kier alpha value is -3.84. The Morgan fingerprint density at radius 2 is 0.800 bits per heavy atom. The number of nitrogens with zero attached hydrogens (tertiary/aromatic N) is 1. The van der Waals surface area contributed by atoms with Crippen molar-refractivity contribution in [1.82, 2.24) is 0 Å². The van der Waals surface area contributed by atoms with Crippen molar-refractivity contribution in [1.29, 1.82) is 0 Å². The Kier molecular flexibility index (Phi) is 11.0. The van der Waals surface area contributed by atoms with E-state index in [9.17, 15) is 26.3 Å². The molecule has 4 rings (SSSR count). The molecule has 0 bridgehead atoms. The van der Waals surface area contributed by atoms with Crippen molar-refractivity contribution < 1.29 is 43.9 Å². The van der Waals surface area contributed by atoms with Crippen LogP contribution in [-0.2, 0) is 0 Å². The van der Waals surface area contributed by atoms with E-state index in [1.165, 1.54) is 20.8 Å². The Bertz CT molecular complexity index is 1860. The van der Waals surface area contributed by atoms with Gasteiger partial charge in [0, 0.05) is 0 Å². The number of hydrogen-bond donors (Lipinski definition) is 0. The van der Waals surface area contributed by atoms with Crippen LogP contribution in [0.15, 0.2) is 24.3 Å². The first-order chi connectivity index (χ1) is 23.0. The maximum Gasteiger partial charge on any atom is 0.465 e. The molecular formula is C37H35BF10NP. The Morgan fingerprint density at radius 3 is 1.08 bits per heavy atom. The fraction of sp³-hybridized carbons (Fsp3) is 0.324. The molecule has 0 saturated heterocycles. The molecule has 0 radical (unpaired) electrons. The molecule has 0 saturated carbocycles. The van der Waals surface area contributed by atoms with Crippen molar-refractivity contribution in [3.63, 3.8) is 0 Å². The Balaban J connectivity index is 2.24. The average molecular weight is 725 g/mol. The van der Waals surface area contributed by atoms with E-state index in [1.807, 2.05) is 65.8 Å². The van der Waals surface area contributed by atoms with E-state index >= 15 is 17.6 Å². The molecule has 0 aliphatic carbocycles. The highest BCUT2D eigenvalue weighted by Crippen LogP contribution is 2.42. The number of rotatable bonds is 7. The molecule has 0 fully saturated rings. The molecule has 0 aliphatic rings. The summed E-state index contributed by atoms with van der Waals surface area (Å²) in [4.78, 5) is 0. The lowest BCUT2D eigenvalue weighted by atomic mass is 9.26. The van der Waals surface area contributed by atoms with Crippen LogP contribution < -0.4 is 21.5 Å². The highest BCUT2D eigenvalue weighted by atomic mass is 31.1. The van der Waals surface area contributed by atoms with Gasteiger partial charge in [-0.3, -0.25) is 0 Å². The lowest BCUT2D eigenvalue weighted by molar-refractivity contribution is 0.381. The molecule has 1 nitrogen and oxygen atoms in total. The highest BCUT2D eigenvalue weighted by Gasteiger charge is 2.54. The van der Waals surface area contributed by atoms with Crippen molar-refractivity contribution in [2.24, 2.45) is 5.41 Å². The summed E-state index contributed by atoms with van der Waals surface area (Å²) in [5, 5.41) is 1.51. The van der Waals surface area contributed by atoms with Gasteiger partial charge in [-0.05, 0) is 120 Å². The smallest absolute Gasteiger partial charge is 0.339 e. The monoisotopic (exact) mass is 725 g/mol. The number of halogens is 10. The summed E-state index contributed by atoms with van der Waals surface area (Å²) in [5.74, 6) is -25.1. The van der Waals surface area contributed by atoms with Crippen molar-refractivity contribution in [2.45, 2.75) is 68.6 Å². The van der Waals surface area contributed by atoms with Gasteiger partial charge in [0.1, 0.15) is 23.3 Å². The summed E-state index contributed by atoms with van der Waals surface area (Å²) in [6.45, 7) is 15.4. The van der Waals surface area contributed by atoms with E-state index in [0.717, 1.165) is 44.0 Å². The van der Waals surface area contributed by atoms with Gasteiger partial charge in [-0.15, -0.1) is 0 Å². The van der Waals surface area contributed by atoms with Gasteiger partial charge < -0.3 is 4.76 Å². The standard InChI is InChI=1S/C37H35BF10NP/c1-17-12-19(3)35(20(4)13-17)50(36-21(5)14-18(2)15-22(36)6)11-10-38(49-16-37(7,8)9,23-25(39)29(43)33(47)30(44)26(23)40)24-27(41)31(45)34(48)32(46)28(24)42/h12-15H,10-11H2,1-9H3. The van der Waals surface area contributed by atoms with Gasteiger partial charge in [-0.2, -0.15) is 0 Å². The van der Waals surface area contributed by atoms with Crippen LogP contribution in [0.5, 0.6) is 0 Å². The summed E-state index contributed by atoms with van der Waals surface area (Å²) in [7, 11) is -1.71. The quantitative estimate of drug-likeness (QED) is 0.0588. The molecular weight excluding hydrogens is 690 g/mol. The van der Waals surface area contributed by atoms with Crippen LogP contribution in [0.1, 0.15) is 54.2 Å². The van der Waals surface area contributed by atoms with Crippen LogP contribution in [0.4, 0.5) is 43.9 Å². The molecule has 0 atom stereocenters. The SMILES string of the molecule is Cc1cc(C)c(P(CC[B-]([N+]#CC(C)(C)C)(c2c(F)c(F)c(F)c(F)c2F)c2c(F)c(F)c(F)c(F)c2F)c2c(C)cc(C)cc2C)c(C)c1. The normalized spacial score (nSPS) is 12.1. The fourth-order valence-corrected chi connectivity index (χ4v) is 10.1. The average Bonchev–Trinajstić information content (AvgIpc) is 3.00. The first-order valence-electron chi connectivity index (χ1n) is 15.7. The second-order valence-electron chi connectivity index (χ2n) is 13.9. The molecule has 4 aromatic rings. The summed E-state index contributed by atoms with van der Waals surface area (Å²) >= 11 is 0. The van der Waals surface area contributed by atoms with Gasteiger partial charge in [0.25, 0.3) is 0 Å². The third-order valence-electron chi connectivity index (χ3n) is 8.64. The summed E-state index contributed by atoms with van der Waals surface area (Å²) in [5.41, 5.74) is 0.110. The largest absolute Gasteiger partial charge is 0.465 e. The van der Waals surface area contributed by atoms with Crippen LogP contribution >= 0.6 is 7.92 Å². The molecule has 13 heteroatoms. The molecule has 0 amide bonds. The van der Waals surface area contributed by atoms with Crippen LogP contribution in [0.3, 0.4) is 0 Å². The minimum atomic E-state index is -4.43. The van der Waals surface area contributed by atoms with E-state index in [0.29, 0.717) is 0 Å². The van der Waals surface area contributed by atoms with Gasteiger partial charge in [-0.1, -0.05) is 41.7 Å². The summed E-state index contributed by atoms with van der Waals surface area (Å²) < 4.78 is 157. The highest BCUT2D eigenvalue weighted by molar-refractivity contribution is 7.73.